The van der Waals surface area contributed by atoms with Crippen LogP contribution in [0.25, 0.3) is 0 Å². The maximum atomic E-state index is 6.20. The van der Waals surface area contributed by atoms with Gasteiger partial charge in [0.1, 0.15) is 26.2 Å². The van der Waals surface area contributed by atoms with Crippen molar-refractivity contribution in [2.24, 2.45) is 5.41 Å². The molecule has 12 heteroatoms. The van der Waals surface area contributed by atoms with E-state index >= 15 is 0 Å². The summed E-state index contributed by atoms with van der Waals surface area (Å²) in [5.74, 6) is 0. The van der Waals surface area contributed by atoms with Crippen LogP contribution in [0.15, 0.2) is 0 Å². The average molecular weight is 988 g/mol. The molecule has 0 rings (SSSR count). The van der Waals surface area contributed by atoms with Gasteiger partial charge in [-0.1, -0.05) is 0 Å². The van der Waals surface area contributed by atoms with Gasteiger partial charge in [-0.25, -0.2) is 0 Å². The maximum absolute atomic E-state index is 6.20. The molecule has 0 aliphatic carbocycles. The summed E-state index contributed by atoms with van der Waals surface area (Å²) in [5, 5.41) is 0. The third-order valence-electron chi connectivity index (χ3n) is 5.26. The molecule has 0 saturated carbocycles. The summed E-state index contributed by atoms with van der Waals surface area (Å²) >= 11 is 0. The summed E-state index contributed by atoms with van der Waals surface area (Å²) in [6, 6.07) is 0. The van der Waals surface area contributed by atoms with Crippen LogP contribution in [-0.4, -0.2) is 182 Å². The summed E-state index contributed by atoms with van der Waals surface area (Å²) in [5.41, 5.74) is -0.314. The topological polar surface area (TPSA) is 36.9 Å². The number of halogens is 4. The fourth-order valence-electron chi connectivity index (χ4n) is 2.76. The number of nitrogens with zero attached hydrogens (tertiary/aromatic N) is 4. The van der Waals surface area contributed by atoms with E-state index in [0.29, 0.717) is 52.9 Å². The van der Waals surface area contributed by atoms with Crippen molar-refractivity contribution in [1.29, 1.82) is 0 Å². The molecular weight excluding hydrogens is 928 g/mol. The largest absolute Gasteiger partial charge is 1.00 e. The molecule has 37 heavy (non-hydrogen) atoms. The highest BCUT2D eigenvalue weighted by molar-refractivity contribution is 4.79. The van der Waals surface area contributed by atoms with Gasteiger partial charge < -0.3 is 133 Å². The monoisotopic (exact) mass is 988 g/mol. The van der Waals surface area contributed by atoms with Gasteiger partial charge in [-0.05, 0) is 0 Å². The van der Waals surface area contributed by atoms with E-state index < -0.39 is 0 Å². The molecule has 0 radical (unpaired) electrons. The highest BCUT2D eigenvalue weighted by Gasteiger charge is 2.33. The van der Waals surface area contributed by atoms with E-state index in [0.717, 1.165) is 44.1 Å². The molecule has 0 aromatic carbocycles. The van der Waals surface area contributed by atoms with E-state index in [-0.39, 0.29) is 101 Å². The van der Waals surface area contributed by atoms with Crippen molar-refractivity contribution in [3.8, 4) is 0 Å². The van der Waals surface area contributed by atoms with Gasteiger partial charge in [0.25, 0.3) is 0 Å². The number of quaternary nitrogens is 4. The average Bonchev–Trinajstić information content (AvgIpc) is 2.60. The SMILES string of the molecule is C[N+](C)(C)CCOCC(COCC[N+](C)(C)C)(COCC[N+](C)(C)C)COCC[N+](C)(C)C.[I-].[I-].[I-].[I-]. The first-order valence-electron chi connectivity index (χ1n) is 12.4. The van der Waals surface area contributed by atoms with Gasteiger partial charge in [0.05, 0.1) is 143 Å². The highest BCUT2D eigenvalue weighted by Crippen LogP contribution is 2.21. The Bertz CT molecular complexity index is 427. The van der Waals surface area contributed by atoms with Crippen LogP contribution in [-0.2, 0) is 18.9 Å². The molecule has 0 unspecified atom stereocenters. The third-order valence-corrected chi connectivity index (χ3v) is 5.26. The first-order chi connectivity index (χ1) is 14.8. The van der Waals surface area contributed by atoms with Gasteiger partial charge >= 0.3 is 0 Å². The zero-order valence-corrected chi connectivity index (χ0v) is 34.5. The molecular formula is C25H60I4N4O4. The van der Waals surface area contributed by atoms with Crippen LogP contribution in [0.1, 0.15) is 0 Å². The number of rotatable bonds is 20. The van der Waals surface area contributed by atoms with E-state index in [1.165, 1.54) is 0 Å². The van der Waals surface area contributed by atoms with Crippen LogP contribution in [0.3, 0.4) is 0 Å². The van der Waals surface area contributed by atoms with Crippen LogP contribution in [0, 0.1) is 5.41 Å². The lowest BCUT2D eigenvalue weighted by molar-refractivity contribution is -0.871. The van der Waals surface area contributed by atoms with Crippen molar-refractivity contribution in [3.05, 3.63) is 0 Å². The predicted molar refractivity (Wildman–Crippen MR) is 137 cm³/mol. The van der Waals surface area contributed by atoms with Crippen molar-refractivity contribution in [1.82, 2.24) is 0 Å². The van der Waals surface area contributed by atoms with Crippen molar-refractivity contribution in [2.45, 2.75) is 0 Å². The Kier molecular flexibility index (Phi) is 30.8. The molecule has 0 saturated heterocycles. The third kappa shape index (κ3) is 34.7. The summed E-state index contributed by atoms with van der Waals surface area (Å²) in [4.78, 5) is 0. The Morgan fingerprint density at radius 2 is 0.514 bits per heavy atom. The minimum absolute atomic E-state index is 0. The summed E-state index contributed by atoms with van der Waals surface area (Å²) < 4.78 is 28.3. The highest BCUT2D eigenvalue weighted by atomic mass is 127. The molecule has 0 N–H and O–H groups in total. The number of hydrogen-bond donors (Lipinski definition) is 0. The molecule has 0 amide bonds. The van der Waals surface area contributed by atoms with Gasteiger partial charge in [0, 0.05) is 0 Å². The minimum Gasteiger partial charge on any atom is -1.00 e. The van der Waals surface area contributed by atoms with Crippen LogP contribution in [0.4, 0.5) is 0 Å². The Morgan fingerprint density at radius 3 is 0.649 bits per heavy atom. The van der Waals surface area contributed by atoms with Crippen molar-refractivity contribution < 1.29 is 133 Å². The fraction of sp³-hybridized carbons (Fsp3) is 1.00. The molecule has 0 aliphatic heterocycles. The van der Waals surface area contributed by atoms with Gasteiger partial charge in [-0.15, -0.1) is 0 Å². The standard InChI is InChI=1S/C25H60N4O4.4HI/c1-26(2,3)13-17-30-21-25(22-31-18-14-27(4,5)6,23-32-19-15-28(7,8)9)24-33-20-16-29(10,11)12;;;;/h13-24H2,1-12H3;4*1H/q+4;;;;/p-4. The summed E-state index contributed by atoms with van der Waals surface area (Å²) in [6.45, 7) is 8.99. The molecule has 232 valence electrons. The molecule has 0 heterocycles. The van der Waals surface area contributed by atoms with E-state index in [1.807, 2.05) is 0 Å². The van der Waals surface area contributed by atoms with E-state index in [1.54, 1.807) is 0 Å². The first-order valence-corrected chi connectivity index (χ1v) is 12.4. The van der Waals surface area contributed by atoms with Crippen molar-refractivity contribution in [2.75, 3.05) is 164 Å². The Balaban J connectivity index is -0.000000853. The van der Waals surface area contributed by atoms with Crippen LogP contribution in [0.5, 0.6) is 0 Å². The van der Waals surface area contributed by atoms with Crippen LogP contribution >= 0.6 is 0 Å². The maximum Gasteiger partial charge on any atom is 0.102 e. The smallest absolute Gasteiger partial charge is 0.102 e. The van der Waals surface area contributed by atoms with Gasteiger partial charge in [0.15, 0.2) is 0 Å². The lowest BCUT2D eigenvalue weighted by Crippen LogP contribution is -3.00. The molecule has 0 aromatic rings. The molecule has 8 nitrogen and oxygen atoms in total. The van der Waals surface area contributed by atoms with Crippen LogP contribution < -0.4 is 95.9 Å². The molecule has 0 aromatic heterocycles. The second-order valence-electron chi connectivity index (χ2n) is 13.8. The second-order valence-corrected chi connectivity index (χ2v) is 13.8. The van der Waals surface area contributed by atoms with Gasteiger partial charge in [0.2, 0.25) is 0 Å². The van der Waals surface area contributed by atoms with Crippen LogP contribution in [0.2, 0.25) is 0 Å². The Hall–Kier alpha value is 2.60. The number of likely N-dealkylation sites (N-methyl/N-ethyl adjacent to an activating group) is 4. The van der Waals surface area contributed by atoms with Gasteiger partial charge in [-0.2, -0.15) is 0 Å². The predicted octanol–water partition coefficient (Wildman–Crippen LogP) is -11.1. The van der Waals surface area contributed by atoms with E-state index in [2.05, 4.69) is 84.6 Å². The van der Waals surface area contributed by atoms with E-state index in [4.69, 9.17) is 18.9 Å². The molecule has 0 spiro atoms. The van der Waals surface area contributed by atoms with Gasteiger partial charge in [-0.3, -0.25) is 0 Å². The Labute approximate surface area is 298 Å². The minimum atomic E-state index is -0.314. The number of hydrogen-bond acceptors (Lipinski definition) is 4. The first kappa shape index (κ1) is 49.3. The van der Waals surface area contributed by atoms with Crippen molar-refractivity contribution in [3.63, 3.8) is 0 Å². The molecule has 0 atom stereocenters. The lowest BCUT2D eigenvalue weighted by atomic mass is 9.92. The second kappa shape index (κ2) is 23.1. The zero-order valence-electron chi connectivity index (χ0n) is 25.9. The molecule has 0 bridgehead atoms. The fourth-order valence-corrected chi connectivity index (χ4v) is 2.76. The Morgan fingerprint density at radius 1 is 0.351 bits per heavy atom. The summed E-state index contributed by atoms with van der Waals surface area (Å²) in [7, 11) is 26.2. The van der Waals surface area contributed by atoms with Crippen molar-refractivity contribution >= 4 is 0 Å². The molecule has 0 fully saturated rings. The normalized spacial score (nSPS) is 12.6. The quantitative estimate of drug-likeness (QED) is 0.0692. The van der Waals surface area contributed by atoms with E-state index in [9.17, 15) is 0 Å². The zero-order chi connectivity index (χ0) is 25.8. The lowest BCUT2D eigenvalue weighted by Gasteiger charge is -2.35. The number of ether oxygens (including phenoxy) is 4. The summed E-state index contributed by atoms with van der Waals surface area (Å²) in [6.07, 6.45) is 0. The molecule has 0 aliphatic rings.